The molecular weight excluding hydrogens is 583 g/mol. The maximum Gasteiger partial charge on any atom is 0.412 e. The summed E-state index contributed by atoms with van der Waals surface area (Å²) >= 11 is 2.13. The summed E-state index contributed by atoms with van der Waals surface area (Å²) in [6.45, 7) is 1.91. The van der Waals surface area contributed by atoms with Gasteiger partial charge in [0.25, 0.3) is 0 Å². The third-order valence-electron chi connectivity index (χ3n) is 5.58. The first-order valence-electron chi connectivity index (χ1n) is 11.5. The number of nitrogens with zero attached hydrogens (tertiary/aromatic N) is 1. The number of carbonyl (C=O) groups is 2. The zero-order valence-electron chi connectivity index (χ0n) is 20.1. The Bertz CT molecular complexity index is 1320. The molecule has 0 aromatic heterocycles. The summed E-state index contributed by atoms with van der Waals surface area (Å²) in [7, 11) is 0. The van der Waals surface area contributed by atoms with Crippen LogP contribution < -0.4 is 16.4 Å². The number of ether oxygens (including phenoxy) is 1. The van der Waals surface area contributed by atoms with E-state index in [9.17, 15) is 14.7 Å². The zero-order chi connectivity index (χ0) is 26.8. The molecule has 9 heteroatoms. The number of para-hydroxylation sites is 2. The van der Waals surface area contributed by atoms with Crippen molar-refractivity contribution >= 4 is 51.7 Å². The molecule has 0 aliphatic carbocycles. The van der Waals surface area contributed by atoms with Gasteiger partial charge in [0.1, 0.15) is 11.9 Å². The number of amides is 2. The van der Waals surface area contributed by atoms with Crippen molar-refractivity contribution in [3.8, 4) is 11.8 Å². The van der Waals surface area contributed by atoms with Gasteiger partial charge in [-0.15, -0.1) is 0 Å². The van der Waals surface area contributed by atoms with Gasteiger partial charge in [0.2, 0.25) is 5.91 Å². The molecule has 3 aromatic carbocycles. The average molecular weight is 610 g/mol. The van der Waals surface area contributed by atoms with E-state index in [1.807, 2.05) is 13.0 Å². The molecule has 0 spiro atoms. The van der Waals surface area contributed by atoms with Gasteiger partial charge >= 0.3 is 6.09 Å². The highest BCUT2D eigenvalue weighted by Gasteiger charge is 2.26. The second-order valence-corrected chi connectivity index (χ2v) is 9.62. The number of hydrogen-bond donors (Lipinski definition) is 4. The molecule has 0 aliphatic heterocycles. The quantitative estimate of drug-likeness (QED) is 0.127. The fraction of sp³-hybridized carbons (Fsp3) is 0.179. The Morgan fingerprint density at radius 1 is 1.14 bits per heavy atom. The van der Waals surface area contributed by atoms with Crippen molar-refractivity contribution in [2.75, 3.05) is 16.4 Å². The van der Waals surface area contributed by atoms with E-state index < -0.39 is 12.2 Å². The van der Waals surface area contributed by atoms with Crippen molar-refractivity contribution in [2.45, 2.75) is 25.9 Å². The van der Waals surface area contributed by atoms with Gasteiger partial charge in [-0.05, 0) is 102 Å². The first-order valence-corrected chi connectivity index (χ1v) is 12.6. The van der Waals surface area contributed by atoms with Crippen molar-refractivity contribution in [2.24, 2.45) is 5.92 Å². The number of nitrogen functional groups attached to an aromatic ring is 1. The molecule has 2 atom stereocenters. The highest BCUT2D eigenvalue weighted by Crippen LogP contribution is 2.36. The predicted octanol–water partition coefficient (Wildman–Crippen LogP) is 6.35. The van der Waals surface area contributed by atoms with Crippen LogP contribution in [0, 0.1) is 20.8 Å². The van der Waals surface area contributed by atoms with Crippen LogP contribution in [0.1, 0.15) is 37.0 Å². The SMILES string of the molecule is C[C@H](CC/C=C/C(=O)Nc1ccccc1N)[C@H](OC(=O)Nc1ccc(C#N)cc1)c1cc(I)ccc1O. The summed E-state index contributed by atoms with van der Waals surface area (Å²) in [6, 6.07) is 20.5. The van der Waals surface area contributed by atoms with E-state index in [4.69, 9.17) is 15.7 Å². The topological polar surface area (TPSA) is 137 Å². The lowest BCUT2D eigenvalue weighted by molar-refractivity contribution is -0.111. The lowest BCUT2D eigenvalue weighted by Gasteiger charge is -2.25. The van der Waals surface area contributed by atoms with Crippen LogP contribution in [0.25, 0.3) is 0 Å². The third kappa shape index (κ3) is 8.25. The third-order valence-corrected chi connectivity index (χ3v) is 6.25. The first-order chi connectivity index (χ1) is 17.8. The maximum absolute atomic E-state index is 12.7. The van der Waals surface area contributed by atoms with Crippen LogP contribution in [0.4, 0.5) is 21.9 Å². The summed E-state index contributed by atoms with van der Waals surface area (Å²) in [4.78, 5) is 24.9. The molecule has 5 N–H and O–H groups in total. The van der Waals surface area contributed by atoms with E-state index >= 15 is 0 Å². The summed E-state index contributed by atoms with van der Waals surface area (Å²) in [5.41, 5.74) is 8.33. The molecule has 0 fully saturated rings. The smallest absolute Gasteiger partial charge is 0.412 e. The van der Waals surface area contributed by atoms with Crippen LogP contribution >= 0.6 is 22.6 Å². The molecule has 0 heterocycles. The van der Waals surface area contributed by atoms with Gasteiger partial charge in [-0.25, -0.2) is 4.79 Å². The standard InChI is InChI=1S/C28H27IN4O4/c1-18(6-2-5-9-26(35)33-24-8-4-3-7-23(24)31)27(22-16-20(29)12-15-25(22)34)37-28(36)32-21-13-10-19(17-30)11-14-21/h3-5,7-16,18,27,34H,2,6,31H2,1H3,(H,32,36)(H,33,35)/b9-5+/t18-,27+/m1/s1. The number of halogens is 1. The number of allylic oxidation sites excluding steroid dienone is 1. The number of aromatic hydroxyl groups is 1. The van der Waals surface area contributed by atoms with Gasteiger partial charge in [0, 0.05) is 14.8 Å². The molecule has 3 aromatic rings. The number of nitriles is 1. The summed E-state index contributed by atoms with van der Waals surface area (Å²) in [5, 5.41) is 24.8. The van der Waals surface area contributed by atoms with Crippen molar-refractivity contribution in [3.63, 3.8) is 0 Å². The summed E-state index contributed by atoms with van der Waals surface area (Å²) in [5.74, 6) is -0.456. The minimum atomic E-state index is -0.737. The second kappa shape index (κ2) is 13.3. The Morgan fingerprint density at radius 3 is 2.57 bits per heavy atom. The van der Waals surface area contributed by atoms with Crippen LogP contribution in [0.15, 0.2) is 78.9 Å². The number of rotatable bonds is 9. The highest BCUT2D eigenvalue weighted by molar-refractivity contribution is 14.1. The van der Waals surface area contributed by atoms with E-state index in [1.54, 1.807) is 72.8 Å². The number of benzene rings is 3. The monoisotopic (exact) mass is 610 g/mol. The van der Waals surface area contributed by atoms with E-state index in [2.05, 4.69) is 33.2 Å². The number of anilines is 3. The van der Waals surface area contributed by atoms with Crippen LogP contribution in [0.2, 0.25) is 0 Å². The summed E-state index contributed by atoms with van der Waals surface area (Å²) in [6.07, 6.45) is 2.88. The van der Waals surface area contributed by atoms with Gasteiger partial charge in [-0.2, -0.15) is 5.26 Å². The largest absolute Gasteiger partial charge is 0.508 e. The Morgan fingerprint density at radius 2 is 1.86 bits per heavy atom. The van der Waals surface area contributed by atoms with Crippen LogP contribution in [0.5, 0.6) is 5.75 Å². The minimum absolute atomic E-state index is 0.0267. The molecule has 0 saturated heterocycles. The number of hydrogen-bond acceptors (Lipinski definition) is 6. The Hall–Kier alpha value is -4.04. The number of phenols is 1. The predicted molar refractivity (Wildman–Crippen MR) is 152 cm³/mol. The van der Waals surface area contributed by atoms with E-state index in [0.29, 0.717) is 41.0 Å². The fourth-order valence-corrected chi connectivity index (χ4v) is 4.13. The number of nitrogens with one attached hydrogen (secondary N) is 2. The normalized spacial score (nSPS) is 12.4. The van der Waals surface area contributed by atoms with Gasteiger partial charge < -0.3 is 20.9 Å². The molecule has 0 bridgehead atoms. The summed E-state index contributed by atoms with van der Waals surface area (Å²) < 4.78 is 6.65. The zero-order valence-corrected chi connectivity index (χ0v) is 22.3. The molecule has 0 aliphatic rings. The number of carbonyl (C=O) groups excluding carboxylic acids is 2. The Kier molecular flexibility index (Phi) is 9.92. The molecule has 2 amide bonds. The van der Waals surface area contributed by atoms with Crippen LogP contribution in [0.3, 0.4) is 0 Å². The highest BCUT2D eigenvalue weighted by atomic mass is 127. The van der Waals surface area contributed by atoms with Crippen LogP contribution in [-0.4, -0.2) is 17.1 Å². The van der Waals surface area contributed by atoms with Crippen LogP contribution in [-0.2, 0) is 9.53 Å². The molecule has 8 nitrogen and oxygen atoms in total. The molecular formula is C28H27IN4O4. The van der Waals surface area contributed by atoms with E-state index in [1.165, 1.54) is 6.08 Å². The average Bonchev–Trinajstić information content (AvgIpc) is 2.88. The number of phenolic OH excluding ortho intramolecular Hbond substituents is 1. The second-order valence-electron chi connectivity index (χ2n) is 8.38. The molecule has 190 valence electrons. The van der Waals surface area contributed by atoms with Crippen molar-refractivity contribution in [3.05, 3.63) is 93.6 Å². The molecule has 37 heavy (non-hydrogen) atoms. The van der Waals surface area contributed by atoms with Gasteiger partial charge in [-0.3, -0.25) is 10.1 Å². The lowest BCUT2D eigenvalue weighted by atomic mass is 9.92. The lowest BCUT2D eigenvalue weighted by Crippen LogP contribution is -2.22. The Balaban J connectivity index is 1.65. The van der Waals surface area contributed by atoms with Gasteiger partial charge in [0.05, 0.1) is 23.0 Å². The van der Waals surface area contributed by atoms with Gasteiger partial charge in [-0.1, -0.05) is 25.1 Å². The molecule has 0 unspecified atom stereocenters. The molecule has 0 saturated carbocycles. The van der Waals surface area contributed by atoms with Crippen molar-refractivity contribution in [1.29, 1.82) is 5.26 Å². The molecule has 0 radical (unpaired) electrons. The fourth-order valence-electron chi connectivity index (χ4n) is 3.62. The van der Waals surface area contributed by atoms with E-state index in [-0.39, 0.29) is 17.6 Å². The molecule has 3 rings (SSSR count). The maximum atomic E-state index is 12.7. The van der Waals surface area contributed by atoms with E-state index in [0.717, 1.165) is 3.57 Å². The van der Waals surface area contributed by atoms with Crippen molar-refractivity contribution in [1.82, 2.24) is 0 Å². The number of nitrogens with two attached hydrogens (primary N) is 1. The van der Waals surface area contributed by atoms with Crippen molar-refractivity contribution < 1.29 is 19.4 Å². The Labute approximate surface area is 229 Å². The minimum Gasteiger partial charge on any atom is -0.508 e. The first kappa shape index (κ1) is 27.5. The van der Waals surface area contributed by atoms with Gasteiger partial charge in [0.15, 0.2) is 0 Å².